The Labute approximate surface area is 88.3 Å². The summed E-state index contributed by atoms with van der Waals surface area (Å²) in [5.41, 5.74) is 0. The lowest BCUT2D eigenvalue weighted by atomic mass is 10.2. The van der Waals surface area contributed by atoms with Crippen molar-refractivity contribution in [3.63, 3.8) is 0 Å². The van der Waals surface area contributed by atoms with Gasteiger partial charge in [0.25, 0.3) is 0 Å². The molecule has 1 aromatic rings. The molecule has 1 atom stereocenters. The summed E-state index contributed by atoms with van der Waals surface area (Å²) in [5.74, 6) is 0.0612. The number of aliphatic hydroxyl groups is 1. The minimum absolute atomic E-state index is 0.0363. The van der Waals surface area contributed by atoms with E-state index >= 15 is 0 Å². The van der Waals surface area contributed by atoms with Gasteiger partial charge >= 0.3 is 0 Å². The minimum Gasteiger partial charge on any atom is -0.396 e. The molecule has 0 aliphatic rings. The van der Waals surface area contributed by atoms with E-state index < -0.39 is 0 Å². The van der Waals surface area contributed by atoms with Crippen molar-refractivity contribution in [2.45, 2.75) is 19.9 Å². The van der Waals surface area contributed by atoms with E-state index in [9.17, 15) is 4.79 Å². The third-order valence-corrected chi connectivity index (χ3v) is 1.99. The molecule has 0 saturated carbocycles. The molecule has 0 spiro atoms. The first-order chi connectivity index (χ1) is 7.22. The van der Waals surface area contributed by atoms with Crippen LogP contribution in [0.1, 0.15) is 13.3 Å². The Kier molecular flexibility index (Phi) is 4.76. The lowest BCUT2D eigenvalue weighted by molar-refractivity contribution is -0.121. The highest BCUT2D eigenvalue weighted by atomic mass is 16.3. The van der Waals surface area contributed by atoms with Crippen LogP contribution in [0.4, 0.5) is 0 Å². The predicted octanol–water partition coefficient (Wildman–Crippen LogP) is -0.587. The number of rotatable bonds is 6. The van der Waals surface area contributed by atoms with Gasteiger partial charge in [-0.15, -0.1) is 0 Å². The number of carbonyl (C=O) groups is 1. The lowest BCUT2D eigenvalue weighted by Gasteiger charge is -2.09. The average molecular weight is 212 g/mol. The van der Waals surface area contributed by atoms with Crippen molar-refractivity contribution < 1.29 is 9.90 Å². The topological polar surface area (TPSA) is 80.0 Å². The van der Waals surface area contributed by atoms with Crippen molar-refractivity contribution in [1.82, 2.24) is 20.1 Å². The average Bonchev–Trinajstić information content (AvgIpc) is 2.75. The van der Waals surface area contributed by atoms with Crippen LogP contribution < -0.4 is 5.32 Å². The van der Waals surface area contributed by atoms with Crippen LogP contribution in [0, 0.1) is 5.92 Å². The Morgan fingerprint density at radius 2 is 2.47 bits per heavy atom. The lowest BCUT2D eigenvalue weighted by Crippen LogP contribution is -2.30. The predicted molar refractivity (Wildman–Crippen MR) is 53.9 cm³/mol. The molecule has 1 heterocycles. The van der Waals surface area contributed by atoms with Crippen molar-refractivity contribution in [1.29, 1.82) is 0 Å². The zero-order valence-corrected chi connectivity index (χ0v) is 8.76. The van der Waals surface area contributed by atoms with Crippen LogP contribution in [0.3, 0.4) is 0 Å². The maximum absolute atomic E-state index is 11.3. The van der Waals surface area contributed by atoms with Gasteiger partial charge in [0.2, 0.25) is 5.91 Å². The molecule has 2 N–H and O–H groups in total. The summed E-state index contributed by atoms with van der Waals surface area (Å²) in [6, 6.07) is 0. The standard InChI is InChI=1S/C9H16N4O2/c1-8(5-14)4-11-9(15)2-3-13-7-10-6-12-13/h6-8,14H,2-5H2,1H3,(H,11,15). The maximum atomic E-state index is 11.3. The molecule has 84 valence electrons. The molecule has 0 saturated heterocycles. The van der Waals surface area contributed by atoms with Gasteiger partial charge in [-0.25, -0.2) is 4.98 Å². The Morgan fingerprint density at radius 1 is 1.67 bits per heavy atom. The van der Waals surface area contributed by atoms with E-state index in [0.29, 0.717) is 19.5 Å². The van der Waals surface area contributed by atoms with Crippen LogP contribution >= 0.6 is 0 Å². The van der Waals surface area contributed by atoms with Crippen molar-refractivity contribution in [2.75, 3.05) is 13.2 Å². The zero-order valence-electron chi connectivity index (χ0n) is 8.76. The molecular weight excluding hydrogens is 196 g/mol. The molecule has 1 rings (SSSR count). The number of amides is 1. The summed E-state index contributed by atoms with van der Waals surface area (Å²) in [7, 11) is 0. The third kappa shape index (κ3) is 4.55. The summed E-state index contributed by atoms with van der Waals surface area (Å²) >= 11 is 0. The Morgan fingerprint density at radius 3 is 3.07 bits per heavy atom. The van der Waals surface area contributed by atoms with E-state index in [-0.39, 0.29) is 18.4 Å². The first-order valence-electron chi connectivity index (χ1n) is 4.92. The summed E-state index contributed by atoms with van der Waals surface area (Å²) < 4.78 is 1.61. The highest BCUT2D eigenvalue weighted by Gasteiger charge is 2.04. The molecule has 6 nitrogen and oxygen atoms in total. The van der Waals surface area contributed by atoms with Crippen LogP contribution in [-0.4, -0.2) is 38.9 Å². The van der Waals surface area contributed by atoms with Gasteiger partial charge in [-0.05, 0) is 5.92 Å². The Balaban J connectivity index is 2.14. The number of aliphatic hydroxyl groups excluding tert-OH is 1. The normalized spacial score (nSPS) is 12.4. The summed E-state index contributed by atoms with van der Waals surface area (Å²) in [4.78, 5) is 15.1. The van der Waals surface area contributed by atoms with E-state index in [0.717, 1.165) is 0 Å². The van der Waals surface area contributed by atoms with Gasteiger partial charge in [-0.2, -0.15) is 5.10 Å². The number of hydrogen-bond acceptors (Lipinski definition) is 4. The molecule has 1 aromatic heterocycles. The smallest absolute Gasteiger partial charge is 0.221 e. The molecule has 0 aliphatic heterocycles. The van der Waals surface area contributed by atoms with Crippen molar-refractivity contribution in [2.24, 2.45) is 5.92 Å². The molecule has 15 heavy (non-hydrogen) atoms. The van der Waals surface area contributed by atoms with Crippen molar-refractivity contribution >= 4 is 5.91 Å². The van der Waals surface area contributed by atoms with Crippen LogP contribution in [0.5, 0.6) is 0 Å². The summed E-state index contributed by atoms with van der Waals surface area (Å²) in [6.07, 6.45) is 3.39. The fraction of sp³-hybridized carbons (Fsp3) is 0.667. The molecule has 0 aromatic carbocycles. The fourth-order valence-electron chi connectivity index (χ4n) is 1.01. The largest absolute Gasteiger partial charge is 0.396 e. The van der Waals surface area contributed by atoms with Crippen LogP contribution in [0.2, 0.25) is 0 Å². The van der Waals surface area contributed by atoms with E-state index in [1.807, 2.05) is 6.92 Å². The minimum atomic E-state index is -0.0363. The summed E-state index contributed by atoms with van der Waals surface area (Å²) in [5, 5.41) is 15.4. The first-order valence-corrected chi connectivity index (χ1v) is 4.92. The van der Waals surface area contributed by atoms with Gasteiger partial charge < -0.3 is 10.4 Å². The van der Waals surface area contributed by atoms with Crippen molar-refractivity contribution in [3.05, 3.63) is 12.7 Å². The molecule has 0 bridgehead atoms. The maximum Gasteiger partial charge on any atom is 0.221 e. The third-order valence-electron chi connectivity index (χ3n) is 1.99. The second-order valence-corrected chi connectivity index (χ2v) is 3.50. The molecule has 1 unspecified atom stereocenters. The second kappa shape index (κ2) is 6.13. The first kappa shape index (κ1) is 11.6. The van der Waals surface area contributed by atoms with Crippen molar-refractivity contribution in [3.8, 4) is 0 Å². The number of hydrogen-bond donors (Lipinski definition) is 2. The van der Waals surface area contributed by atoms with Gasteiger partial charge in [0.05, 0.1) is 6.54 Å². The fourth-order valence-corrected chi connectivity index (χ4v) is 1.01. The summed E-state index contributed by atoms with van der Waals surface area (Å²) in [6.45, 7) is 2.99. The Hall–Kier alpha value is -1.43. The van der Waals surface area contributed by atoms with Crippen LogP contribution in [0.25, 0.3) is 0 Å². The monoisotopic (exact) mass is 212 g/mol. The highest BCUT2D eigenvalue weighted by Crippen LogP contribution is 1.91. The number of aryl methyl sites for hydroxylation is 1. The molecule has 1 amide bonds. The SMILES string of the molecule is CC(CO)CNC(=O)CCn1cncn1. The highest BCUT2D eigenvalue weighted by molar-refractivity contribution is 5.75. The second-order valence-electron chi connectivity index (χ2n) is 3.50. The van der Waals surface area contributed by atoms with Gasteiger partial charge in [0.15, 0.2) is 0 Å². The molecule has 0 fully saturated rings. The molecule has 6 heteroatoms. The van der Waals surface area contributed by atoms with Gasteiger partial charge in [0.1, 0.15) is 12.7 Å². The molecule has 0 radical (unpaired) electrons. The van der Waals surface area contributed by atoms with E-state index in [1.165, 1.54) is 6.33 Å². The molecular formula is C9H16N4O2. The number of aromatic nitrogens is 3. The van der Waals surface area contributed by atoms with E-state index in [1.54, 1.807) is 11.0 Å². The van der Waals surface area contributed by atoms with Gasteiger partial charge in [-0.1, -0.05) is 6.92 Å². The quantitative estimate of drug-likeness (QED) is 0.660. The van der Waals surface area contributed by atoms with Gasteiger partial charge in [0, 0.05) is 19.6 Å². The van der Waals surface area contributed by atoms with Gasteiger partial charge in [-0.3, -0.25) is 9.48 Å². The number of carbonyl (C=O) groups excluding carboxylic acids is 1. The molecule has 0 aliphatic carbocycles. The van der Waals surface area contributed by atoms with Crippen LogP contribution in [-0.2, 0) is 11.3 Å². The van der Waals surface area contributed by atoms with Crippen LogP contribution in [0.15, 0.2) is 12.7 Å². The number of nitrogens with one attached hydrogen (secondary N) is 1. The zero-order chi connectivity index (χ0) is 11.1. The number of nitrogens with zero attached hydrogens (tertiary/aromatic N) is 3. The Bertz CT molecular complexity index is 286. The van der Waals surface area contributed by atoms with E-state index in [4.69, 9.17) is 5.11 Å². The van der Waals surface area contributed by atoms with E-state index in [2.05, 4.69) is 15.4 Å².